The first-order valence-corrected chi connectivity index (χ1v) is 9.42. The molecule has 1 heterocycles. The fourth-order valence-corrected chi connectivity index (χ4v) is 3.23. The number of nitrogens with one attached hydrogen (secondary N) is 2. The van der Waals surface area contributed by atoms with Crippen molar-refractivity contribution in [2.24, 2.45) is 0 Å². The predicted octanol–water partition coefficient (Wildman–Crippen LogP) is 2.01. The number of hydrogen-bond acceptors (Lipinski definition) is 3. The molecule has 0 saturated carbocycles. The lowest BCUT2D eigenvalue weighted by Gasteiger charge is -2.43. The van der Waals surface area contributed by atoms with Crippen LogP contribution in [0.1, 0.15) is 27.2 Å². The zero-order valence-electron chi connectivity index (χ0n) is 12.0. The topological polar surface area (TPSA) is 70.6 Å². The molecule has 0 aromatic rings. The third-order valence-electron chi connectivity index (χ3n) is 3.98. The maximum Gasteiger partial charge on any atom is 0.405 e. The molecule has 1 saturated heterocycles. The summed E-state index contributed by atoms with van der Waals surface area (Å²) in [5.74, 6) is 0. The minimum Gasteiger partial charge on any atom is -0.465 e. The molecule has 0 bridgehead atoms. The van der Waals surface area contributed by atoms with Gasteiger partial charge in [-0.3, -0.25) is 0 Å². The Hall–Kier alpha value is -0.593. The van der Waals surface area contributed by atoms with Crippen LogP contribution in [0.2, 0.25) is 18.1 Å². The second-order valence-electron chi connectivity index (χ2n) is 6.47. The van der Waals surface area contributed by atoms with Crippen LogP contribution < -0.4 is 10.6 Å². The maximum atomic E-state index is 10.8. The van der Waals surface area contributed by atoms with Gasteiger partial charge in [0.05, 0.1) is 12.1 Å². The van der Waals surface area contributed by atoms with E-state index in [9.17, 15) is 4.79 Å². The molecule has 5 nitrogen and oxygen atoms in total. The number of rotatable bonds is 3. The maximum absolute atomic E-state index is 10.8. The summed E-state index contributed by atoms with van der Waals surface area (Å²) in [5, 5.41) is 14.8. The quantitative estimate of drug-likeness (QED) is 0.689. The highest BCUT2D eigenvalue weighted by atomic mass is 28.4. The third kappa shape index (κ3) is 3.96. The van der Waals surface area contributed by atoms with Gasteiger partial charge in [0.25, 0.3) is 0 Å². The van der Waals surface area contributed by atoms with Gasteiger partial charge in [0.2, 0.25) is 0 Å². The van der Waals surface area contributed by atoms with Gasteiger partial charge in [0.1, 0.15) is 0 Å². The zero-order chi connectivity index (χ0) is 14.0. The third-order valence-corrected chi connectivity index (χ3v) is 8.48. The van der Waals surface area contributed by atoms with Gasteiger partial charge in [-0.15, -0.1) is 0 Å². The van der Waals surface area contributed by atoms with E-state index in [0.29, 0.717) is 6.54 Å². The molecule has 1 aliphatic heterocycles. The van der Waals surface area contributed by atoms with E-state index >= 15 is 0 Å². The Morgan fingerprint density at radius 1 is 1.44 bits per heavy atom. The highest BCUT2D eigenvalue weighted by molar-refractivity contribution is 6.74. The van der Waals surface area contributed by atoms with Gasteiger partial charge in [-0.25, -0.2) is 4.79 Å². The average Bonchev–Trinajstić information content (AvgIpc) is 2.18. The van der Waals surface area contributed by atoms with Crippen molar-refractivity contribution >= 4 is 14.4 Å². The molecule has 0 aliphatic carbocycles. The van der Waals surface area contributed by atoms with Crippen molar-refractivity contribution in [3.63, 3.8) is 0 Å². The van der Waals surface area contributed by atoms with Crippen LogP contribution >= 0.6 is 0 Å². The van der Waals surface area contributed by atoms with Crippen LogP contribution in [0, 0.1) is 0 Å². The molecular formula is C12H26N2O3Si. The van der Waals surface area contributed by atoms with Crippen molar-refractivity contribution in [1.82, 2.24) is 10.6 Å². The van der Waals surface area contributed by atoms with Crippen LogP contribution in [0.3, 0.4) is 0 Å². The minimum absolute atomic E-state index is 0.0109. The Morgan fingerprint density at radius 2 is 2.06 bits per heavy atom. The lowest BCUT2D eigenvalue weighted by Crippen LogP contribution is -2.58. The van der Waals surface area contributed by atoms with Gasteiger partial charge in [-0.1, -0.05) is 20.8 Å². The van der Waals surface area contributed by atoms with Crippen LogP contribution in [0.25, 0.3) is 0 Å². The summed E-state index contributed by atoms with van der Waals surface area (Å²) in [6.07, 6.45) is -0.131. The summed E-state index contributed by atoms with van der Waals surface area (Å²) in [6, 6.07) is -0.148. The minimum atomic E-state index is -1.85. The smallest absolute Gasteiger partial charge is 0.405 e. The van der Waals surface area contributed by atoms with Gasteiger partial charge in [-0.2, -0.15) is 0 Å². The number of amides is 1. The van der Waals surface area contributed by atoms with Crippen molar-refractivity contribution in [2.45, 2.75) is 57.5 Å². The second-order valence-corrected chi connectivity index (χ2v) is 11.2. The molecule has 1 rings (SSSR count). The first kappa shape index (κ1) is 15.5. The first-order valence-electron chi connectivity index (χ1n) is 6.51. The van der Waals surface area contributed by atoms with E-state index in [1.807, 2.05) is 0 Å². The van der Waals surface area contributed by atoms with E-state index in [1.165, 1.54) is 0 Å². The molecule has 0 radical (unpaired) electrons. The Balaban J connectivity index is 2.70. The number of hydrogen-bond donors (Lipinski definition) is 3. The van der Waals surface area contributed by atoms with Crippen molar-refractivity contribution in [1.29, 1.82) is 0 Å². The summed E-state index contributed by atoms with van der Waals surface area (Å²) in [7, 11) is -1.85. The Labute approximate surface area is 110 Å². The molecule has 3 N–H and O–H groups in total. The predicted molar refractivity (Wildman–Crippen MR) is 74.5 cm³/mol. The van der Waals surface area contributed by atoms with Crippen molar-refractivity contribution in [2.75, 3.05) is 13.1 Å². The van der Waals surface area contributed by atoms with Gasteiger partial charge in [0.15, 0.2) is 8.32 Å². The SMILES string of the molecule is CC(C)(C)[Si](C)(C)O[C@H]1CCNC[C@@H]1NC(=O)O. The molecule has 6 heteroatoms. The average molecular weight is 274 g/mol. The molecule has 0 aromatic carbocycles. The largest absolute Gasteiger partial charge is 0.465 e. The lowest BCUT2D eigenvalue weighted by atomic mass is 10.0. The number of carbonyl (C=O) groups is 1. The zero-order valence-corrected chi connectivity index (χ0v) is 13.0. The van der Waals surface area contributed by atoms with E-state index in [1.54, 1.807) is 0 Å². The Kier molecular flexibility index (Phi) is 4.80. The summed E-state index contributed by atoms with van der Waals surface area (Å²) < 4.78 is 6.33. The van der Waals surface area contributed by atoms with Crippen LogP contribution in [-0.4, -0.2) is 44.8 Å². The number of carboxylic acid groups (broad SMARTS) is 1. The molecule has 2 atom stereocenters. The number of piperidine rings is 1. The lowest BCUT2D eigenvalue weighted by molar-refractivity contribution is 0.103. The van der Waals surface area contributed by atoms with Crippen molar-refractivity contribution < 1.29 is 14.3 Å². The van der Waals surface area contributed by atoms with Crippen molar-refractivity contribution in [3.05, 3.63) is 0 Å². The molecule has 0 spiro atoms. The van der Waals surface area contributed by atoms with Crippen LogP contribution in [-0.2, 0) is 4.43 Å². The molecule has 1 fully saturated rings. The molecular weight excluding hydrogens is 248 g/mol. The second kappa shape index (κ2) is 5.58. The van der Waals surface area contributed by atoms with E-state index in [4.69, 9.17) is 9.53 Å². The van der Waals surface area contributed by atoms with Gasteiger partial charge in [-0.05, 0) is 31.1 Å². The van der Waals surface area contributed by atoms with Crippen LogP contribution in [0.5, 0.6) is 0 Å². The normalized spacial score (nSPS) is 25.8. The molecule has 0 unspecified atom stereocenters. The van der Waals surface area contributed by atoms with Crippen molar-refractivity contribution in [3.8, 4) is 0 Å². The molecule has 1 amide bonds. The molecule has 18 heavy (non-hydrogen) atoms. The summed E-state index contributed by atoms with van der Waals surface area (Å²) in [5.41, 5.74) is 0. The highest BCUT2D eigenvalue weighted by Crippen LogP contribution is 2.38. The van der Waals surface area contributed by atoms with Gasteiger partial charge >= 0.3 is 6.09 Å². The summed E-state index contributed by atoms with van der Waals surface area (Å²) in [6.45, 7) is 12.5. The monoisotopic (exact) mass is 274 g/mol. The molecule has 0 aromatic heterocycles. The van der Waals surface area contributed by atoms with Crippen LogP contribution in [0.4, 0.5) is 4.79 Å². The van der Waals surface area contributed by atoms with Crippen LogP contribution in [0.15, 0.2) is 0 Å². The van der Waals surface area contributed by atoms with E-state index in [0.717, 1.165) is 13.0 Å². The van der Waals surface area contributed by atoms with Gasteiger partial charge in [0, 0.05) is 6.54 Å². The summed E-state index contributed by atoms with van der Waals surface area (Å²) in [4.78, 5) is 10.8. The van der Waals surface area contributed by atoms with E-state index in [2.05, 4.69) is 44.5 Å². The Bertz CT molecular complexity index is 302. The van der Waals surface area contributed by atoms with Gasteiger partial charge < -0.3 is 20.2 Å². The standard InChI is InChI=1S/C12H26N2O3Si/c1-12(2,3)18(4,5)17-10-6-7-13-8-9(10)14-11(15)16/h9-10,13-14H,6-8H2,1-5H3,(H,15,16)/t9-,10-/m0/s1. The first-order chi connectivity index (χ1) is 8.13. The van der Waals surface area contributed by atoms with E-state index in [-0.39, 0.29) is 17.2 Å². The molecule has 106 valence electrons. The Morgan fingerprint density at radius 3 is 2.56 bits per heavy atom. The molecule has 1 aliphatic rings. The van der Waals surface area contributed by atoms with E-state index < -0.39 is 14.4 Å². The summed E-state index contributed by atoms with van der Waals surface area (Å²) >= 11 is 0. The highest BCUT2D eigenvalue weighted by Gasteiger charge is 2.41. The fraction of sp³-hybridized carbons (Fsp3) is 0.917. The fourth-order valence-electron chi connectivity index (χ4n) is 1.83.